The second-order valence-electron chi connectivity index (χ2n) is 17.3. The van der Waals surface area contributed by atoms with Crippen LogP contribution in [0.25, 0.3) is 89.7 Å². The molecule has 290 valence electrons. The molecule has 10 aromatic rings. The van der Waals surface area contributed by atoms with E-state index in [4.69, 9.17) is 19.9 Å². The first kappa shape index (κ1) is 35.0. The summed E-state index contributed by atoms with van der Waals surface area (Å²) in [6.07, 6.45) is 0. The van der Waals surface area contributed by atoms with Crippen LogP contribution in [0.3, 0.4) is 0 Å². The minimum absolute atomic E-state index is 0.138. The van der Waals surface area contributed by atoms with Crippen LogP contribution in [0.4, 0.5) is 0 Å². The highest BCUT2D eigenvalue weighted by molar-refractivity contribution is 6.06. The quantitative estimate of drug-likeness (QED) is 0.178. The van der Waals surface area contributed by atoms with Gasteiger partial charge in [0, 0.05) is 44.2 Å². The lowest BCUT2D eigenvalue weighted by Crippen LogP contribution is -2.26. The van der Waals surface area contributed by atoms with Gasteiger partial charge in [0.15, 0.2) is 17.5 Å². The summed E-state index contributed by atoms with van der Waals surface area (Å²) in [4.78, 5) is 21.1. The van der Waals surface area contributed by atoms with Crippen molar-refractivity contribution < 1.29 is 0 Å². The number of hydrogen-bond donors (Lipinski definition) is 0. The Labute approximate surface area is 360 Å². The van der Waals surface area contributed by atoms with Crippen molar-refractivity contribution in [2.24, 2.45) is 0 Å². The van der Waals surface area contributed by atoms with E-state index in [1.807, 2.05) is 18.2 Å². The first-order chi connectivity index (χ1) is 30.5. The van der Waals surface area contributed by atoms with Crippen LogP contribution in [0.2, 0.25) is 0 Å². The number of aromatic nitrogens is 4. The molecule has 0 atom stereocenters. The lowest BCUT2D eigenvalue weighted by molar-refractivity contribution is 0.660. The molecule has 2 heterocycles. The summed E-state index contributed by atoms with van der Waals surface area (Å²) in [6, 6.07) is 69.8. The zero-order chi connectivity index (χ0) is 41.2. The maximum Gasteiger partial charge on any atom is 0.164 e. The van der Waals surface area contributed by atoms with E-state index in [0.717, 1.165) is 39.0 Å². The molecule has 4 nitrogen and oxygen atoms in total. The third-order valence-corrected chi connectivity index (χ3v) is 13.8. The standard InChI is InChI=1S/C58H38N4/c1-57(2)46-24-12-8-18-39(46)42-33-32-38(34-50(42)57)56-61-54(36-16-4-3-5-17-36)60-55(62-56)37-30-28-35(29-31-37)52-44-22-7-6-21-43(44)51-53(59-52)45-23-11-15-27-49(45)58(51)47-25-13-9-19-40(47)41-20-10-14-26-48(41)58/h3-34H,1-2H3. The average Bonchev–Trinajstić information content (AvgIpc) is 3.90. The van der Waals surface area contributed by atoms with Crippen molar-refractivity contribution in [2.75, 3.05) is 0 Å². The van der Waals surface area contributed by atoms with Gasteiger partial charge in [0.25, 0.3) is 0 Å². The third kappa shape index (κ3) is 4.72. The Morgan fingerprint density at radius 1 is 0.306 bits per heavy atom. The van der Waals surface area contributed by atoms with Gasteiger partial charge in [0.1, 0.15) is 0 Å². The largest absolute Gasteiger partial charge is 0.247 e. The molecule has 0 bridgehead atoms. The van der Waals surface area contributed by atoms with E-state index < -0.39 is 5.41 Å². The number of fused-ring (bicyclic) bond motifs is 15. The zero-order valence-electron chi connectivity index (χ0n) is 34.3. The SMILES string of the molecule is CC1(C)c2ccccc2-c2ccc(-c3nc(-c4ccccc4)nc(-c4ccc(-c5nc6c(c7ccccc57)C5(c7ccccc7-c7ccccc75)c5ccccc5-6)cc4)n3)cc21. The van der Waals surface area contributed by atoms with Crippen LogP contribution < -0.4 is 0 Å². The normalized spacial score (nSPS) is 14.2. The van der Waals surface area contributed by atoms with Gasteiger partial charge in [-0.2, -0.15) is 0 Å². The van der Waals surface area contributed by atoms with E-state index in [1.165, 1.54) is 66.6 Å². The van der Waals surface area contributed by atoms with E-state index >= 15 is 0 Å². The fourth-order valence-corrected chi connectivity index (χ4v) is 11.0. The molecule has 0 unspecified atom stereocenters. The molecule has 4 heteroatoms. The predicted molar refractivity (Wildman–Crippen MR) is 251 cm³/mol. The van der Waals surface area contributed by atoms with E-state index in [9.17, 15) is 0 Å². The molecule has 0 radical (unpaired) electrons. The number of hydrogen-bond acceptors (Lipinski definition) is 4. The van der Waals surface area contributed by atoms with E-state index in [1.54, 1.807) is 0 Å². The van der Waals surface area contributed by atoms with E-state index in [2.05, 4.69) is 190 Å². The Kier molecular flexibility index (Phi) is 7.25. The van der Waals surface area contributed by atoms with Crippen LogP contribution in [0.15, 0.2) is 194 Å². The monoisotopic (exact) mass is 790 g/mol. The van der Waals surface area contributed by atoms with Crippen molar-refractivity contribution in [2.45, 2.75) is 24.7 Å². The van der Waals surface area contributed by atoms with Gasteiger partial charge in [-0.05, 0) is 61.5 Å². The van der Waals surface area contributed by atoms with Crippen molar-refractivity contribution in [3.05, 3.63) is 228 Å². The van der Waals surface area contributed by atoms with Gasteiger partial charge in [0.05, 0.1) is 16.8 Å². The predicted octanol–water partition coefficient (Wildman–Crippen LogP) is 13.7. The number of benzene rings is 8. The van der Waals surface area contributed by atoms with Gasteiger partial charge in [-0.25, -0.2) is 19.9 Å². The number of rotatable bonds is 4. The molecule has 2 aromatic heterocycles. The second-order valence-corrected chi connectivity index (χ2v) is 17.3. The minimum Gasteiger partial charge on any atom is -0.247 e. The smallest absolute Gasteiger partial charge is 0.164 e. The lowest BCUT2D eigenvalue weighted by Gasteiger charge is -2.31. The molecular formula is C58H38N4. The van der Waals surface area contributed by atoms with Gasteiger partial charge in [-0.1, -0.05) is 202 Å². The third-order valence-electron chi connectivity index (χ3n) is 13.8. The average molecular weight is 791 g/mol. The molecule has 3 aliphatic rings. The molecule has 0 saturated carbocycles. The summed E-state index contributed by atoms with van der Waals surface area (Å²) in [7, 11) is 0. The Balaban J connectivity index is 0.962. The molecule has 0 aliphatic heterocycles. The van der Waals surface area contributed by atoms with Crippen LogP contribution in [0, 0.1) is 0 Å². The molecular weight excluding hydrogens is 753 g/mol. The summed E-state index contributed by atoms with van der Waals surface area (Å²) < 4.78 is 0. The van der Waals surface area contributed by atoms with Crippen LogP contribution in [-0.2, 0) is 10.8 Å². The molecule has 62 heavy (non-hydrogen) atoms. The molecule has 0 fully saturated rings. The first-order valence-electron chi connectivity index (χ1n) is 21.4. The molecule has 13 rings (SSSR count). The maximum atomic E-state index is 5.68. The highest BCUT2D eigenvalue weighted by atomic mass is 15.0. The number of nitrogens with zero attached hydrogens (tertiary/aromatic N) is 4. The molecule has 8 aromatic carbocycles. The molecule has 3 aliphatic carbocycles. The second kappa shape index (κ2) is 12.8. The van der Waals surface area contributed by atoms with Crippen molar-refractivity contribution in [3.8, 4) is 78.9 Å². The van der Waals surface area contributed by atoms with E-state index in [-0.39, 0.29) is 5.41 Å². The fraction of sp³-hybridized carbons (Fsp3) is 0.0690. The lowest BCUT2D eigenvalue weighted by atomic mass is 9.69. The van der Waals surface area contributed by atoms with Crippen LogP contribution in [0.5, 0.6) is 0 Å². The topological polar surface area (TPSA) is 51.6 Å². The molecule has 1 spiro atoms. The Bertz CT molecular complexity index is 3450. The molecule has 0 saturated heterocycles. The van der Waals surface area contributed by atoms with Crippen LogP contribution in [0.1, 0.15) is 47.2 Å². The van der Waals surface area contributed by atoms with Crippen molar-refractivity contribution >= 4 is 10.8 Å². The van der Waals surface area contributed by atoms with Gasteiger partial charge in [-0.3, -0.25) is 0 Å². The number of pyridine rings is 1. The van der Waals surface area contributed by atoms with Gasteiger partial charge in [0.2, 0.25) is 0 Å². The summed E-state index contributed by atoms with van der Waals surface area (Å²) in [6.45, 7) is 4.61. The van der Waals surface area contributed by atoms with Crippen molar-refractivity contribution in [1.82, 2.24) is 19.9 Å². The molecule has 0 amide bonds. The van der Waals surface area contributed by atoms with Gasteiger partial charge >= 0.3 is 0 Å². The minimum atomic E-state index is -0.473. The Morgan fingerprint density at radius 2 is 0.742 bits per heavy atom. The van der Waals surface area contributed by atoms with Crippen LogP contribution >= 0.6 is 0 Å². The summed E-state index contributed by atoms with van der Waals surface area (Å²) in [5, 5.41) is 2.35. The van der Waals surface area contributed by atoms with Crippen LogP contribution in [-0.4, -0.2) is 19.9 Å². The Hall–Kier alpha value is -7.82. The van der Waals surface area contributed by atoms with Gasteiger partial charge < -0.3 is 0 Å². The van der Waals surface area contributed by atoms with Crippen molar-refractivity contribution in [3.63, 3.8) is 0 Å². The molecule has 0 N–H and O–H groups in total. The highest BCUT2D eigenvalue weighted by Crippen LogP contribution is 2.64. The van der Waals surface area contributed by atoms with E-state index in [0.29, 0.717) is 17.5 Å². The zero-order valence-corrected chi connectivity index (χ0v) is 34.3. The summed E-state index contributed by atoms with van der Waals surface area (Å²) in [5.74, 6) is 1.93. The highest BCUT2D eigenvalue weighted by Gasteiger charge is 2.53. The Morgan fingerprint density at radius 3 is 1.39 bits per heavy atom. The van der Waals surface area contributed by atoms with Gasteiger partial charge in [-0.15, -0.1) is 0 Å². The fourth-order valence-electron chi connectivity index (χ4n) is 11.0. The van der Waals surface area contributed by atoms with Crippen molar-refractivity contribution in [1.29, 1.82) is 0 Å². The first-order valence-corrected chi connectivity index (χ1v) is 21.4. The summed E-state index contributed by atoms with van der Waals surface area (Å²) >= 11 is 0. The summed E-state index contributed by atoms with van der Waals surface area (Å²) in [5.41, 5.74) is 19.4. The maximum absolute atomic E-state index is 5.68.